The Balaban J connectivity index is 3.35. The van der Waals surface area contributed by atoms with Gasteiger partial charge in [-0.15, -0.1) is 0 Å². The van der Waals surface area contributed by atoms with E-state index in [1.54, 1.807) is 0 Å². The summed E-state index contributed by atoms with van der Waals surface area (Å²) in [6.07, 6.45) is 17.9. The SMILES string of the molecule is CCCCCCCCCCCCCCCC(=O)NC(=S)N(CC)CC. The third kappa shape index (κ3) is 15.3. The van der Waals surface area contributed by atoms with Crippen LogP contribution in [0.25, 0.3) is 0 Å². The van der Waals surface area contributed by atoms with Gasteiger partial charge in [-0.1, -0.05) is 84.0 Å². The Labute approximate surface area is 162 Å². The molecule has 0 rings (SSSR count). The highest BCUT2D eigenvalue weighted by atomic mass is 32.1. The van der Waals surface area contributed by atoms with Crippen LogP contribution in [0.5, 0.6) is 0 Å². The first-order valence-corrected chi connectivity index (χ1v) is 11.1. The Bertz CT molecular complexity index is 330. The Kier molecular flexibility index (Phi) is 17.7. The fraction of sp³-hybridized carbons (Fsp3) is 0.905. The second-order valence-electron chi connectivity index (χ2n) is 7.02. The Morgan fingerprint density at radius 3 is 1.52 bits per heavy atom. The van der Waals surface area contributed by atoms with Crippen molar-refractivity contribution in [2.45, 2.75) is 111 Å². The number of nitrogens with one attached hydrogen (secondary N) is 1. The molecule has 0 aliphatic carbocycles. The topological polar surface area (TPSA) is 32.3 Å². The van der Waals surface area contributed by atoms with Gasteiger partial charge < -0.3 is 10.2 Å². The molecule has 25 heavy (non-hydrogen) atoms. The fourth-order valence-electron chi connectivity index (χ4n) is 3.07. The van der Waals surface area contributed by atoms with Gasteiger partial charge in [-0.3, -0.25) is 4.79 Å². The summed E-state index contributed by atoms with van der Waals surface area (Å²) in [7, 11) is 0. The molecule has 4 heteroatoms. The van der Waals surface area contributed by atoms with Crippen LogP contribution in [-0.4, -0.2) is 29.0 Å². The average molecular weight is 371 g/mol. The van der Waals surface area contributed by atoms with E-state index in [2.05, 4.69) is 26.1 Å². The third-order valence-corrected chi connectivity index (χ3v) is 5.16. The molecule has 0 saturated carbocycles. The minimum atomic E-state index is 0.0694. The highest BCUT2D eigenvalue weighted by molar-refractivity contribution is 7.80. The van der Waals surface area contributed by atoms with Gasteiger partial charge >= 0.3 is 0 Å². The molecule has 0 aromatic rings. The highest BCUT2D eigenvalue weighted by Crippen LogP contribution is 2.12. The van der Waals surface area contributed by atoms with E-state index >= 15 is 0 Å². The van der Waals surface area contributed by atoms with Crippen molar-refractivity contribution in [1.82, 2.24) is 10.2 Å². The molecule has 0 spiro atoms. The fourth-order valence-corrected chi connectivity index (χ4v) is 3.45. The van der Waals surface area contributed by atoms with Crippen LogP contribution in [0.3, 0.4) is 0 Å². The van der Waals surface area contributed by atoms with Crippen LogP contribution >= 0.6 is 12.2 Å². The van der Waals surface area contributed by atoms with Crippen molar-refractivity contribution in [3.8, 4) is 0 Å². The van der Waals surface area contributed by atoms with E-state index < -0.39 is 0 Å². The monoisotopic (exact) mass is 370 g/mol. The summed E-state index contributed by atoms with van der Waals surface area (Å²) in [6, 6.07) is 0. The molecule has 0 radical (unpaired) electrons. The molecular formula is C21H42N2OS. The van der Waals surface area contributed by atoms with Crippen LogP contribution in [0.4, 0.5) is 0 Å². The van der Waals surface area contributed by atoms with E-state index in [1.165, 1.54) is 70.6 Å². The smallest absolute Gasteiger partial charge is 0.226 e. The molecule has 0 aliphatic rings. The molecule has 1 amide bonds. The zero-order valence-electron chi connectivity index (χ0n) is 17.1. The first-order valence-electron chi connectivity index (χ1n) is 10.7. The number of rotatable bonds is 16. The summed E-state index contributed by atoms with van der Waals surface area (Å²) in [5.41, 5.74) is 0. The van der Waals surface area contributed by atoms with Crippen LogP contribution in [0.2, 0.25) is 0 Å². The molecule has 0 aromatic heterocycles. The summed E-state index contributed by atoms with van der Waals surface area (Å²) >= 11 is 5.24. The molecule has 0 unspecified atom stereocenters. The van der Waals surface area contributed by atoms with Crippen LogP contribution in [0.15, 0.2) is 0 Å². The lowest BCUT2D eigenvalue weighted by atomic mass is 10.0. The predicted molar refractivity (Wildman–Crippen MR) is 114 cm³/mol. The minimum absolute atomic E-state index is 0.0694. The molecule has 0 fully saturated rings. The second-order valence-corrected chi connectivity index (χ2v) is 7.40. The molecule has 0 heterocycles. The third-order valence-electron chi connectivity index (χ3n) is 4.80. The Morgan fingerprint density at radius 1 is 0.720 bits per heavy atom. The van der Waals surface area contributed by atoms with Gasteiger partial charge in [0.1, 0.15) is 0 Å². The second kappa shape index (κ2) is 18.2. The quantitative estimate of drug-likeness (QED) is 0.259. The largest absolute Gasteiger partial charge is 0.350 e. The van der Waals surface area contributed by atoms with Crippen molar-refractivity contribution >= 4 is 23.2 Å². The number of carbonyl (C=O) groups is 1. The first-order chi connectivity index (χ1) is 12.2. The number of nitrogens with zero attached hydrogens (tertiary/aromatic N) is 1. The Hall–Kier alpha value is -0.640. The van der Waals surface area contributed by atoms with Crippen molar-refractivity contribution in [3.63, 3.8) is 0 Å². The van der Waals surface area contributed by atoms with Crippen molar-refractivity contribution in [2.24, 2.45) is 0 Å². The maximum atomic E-state index is 11.9. The molecule has 0 aliphatic heterocycles. The lowest BCUT2D eigenvalue weighted by Crippen LogP contribution is -2.42. The standard InChI is InChI=1S/C21H42N2OS/c1-4-7-8-9-10-11-12-13-14-15-16-17-18-19-20(24)22-21(25)23(5-2)6-3/h4-19H2,1-3H3,(H,22,24,25). The van der Waals surface area contributed by atoms with E-state index in [9.17, 15) is 4.79 Å². The van der Waals surface area contributed by atoms with E-state index in [0.717, 1.165) is 25.9 Å². The summed E-state index contributed by atoms with van der Waals surface area (Å²) in [4.78, 5) is 13.9. The summed E-state index contributed by atoms with van der Waals surface area (Å²) in [5, 5.41) is 3.42. The van der Waals surface area contributed by atoms with Crippen molar-refractivity contribution in [2.75, 3.05) is 13.1 Å². The molecule has 1 N–H and O–H groups in total. The van der Waals surface area contributed by atoms with Gasteiger partial charge in [0.2, 0.25) is 5.91 Å². The number of amides is 1. The highest BCUT2D eigenvalue weighted by Gasteiger charge is 2.08. The molecule has 0 atom stereocenters. The van der Waals surface area contributed by atoms with Crippen LogP contribution in [-0.2, 0) is 4.79 Å². The van der Waals surface area contributed by atoms with Gasteiger partial charge in [-0.25, -0.2) is 0 Å². The van der Waals surface area contributed by atoms with E-state index in [4.69, 9.17) is 12.2 Å². The molecule has 148 valence electrons. The van der Waals surface area contributed by atoms with E-state index in [-0.39, 0.29) is 5.91 Å². The number of thiocarbonyl (C=S) groups is 1. The number of hydrogen-bond acceptors (Lipinski definition) is 2. The zero-order chi connectivity index (χ0) is 18.8. The van der Waals surface area contributed by atoms with Crippen LogP contribution < -0.4 is 5.32 Å². The molecule has 0 saturated heterocycles. The maximum Gasteiger partial charge on any atom is 0.226 e. The number of unbranched alkanes of at least 4 members (excludes halogenated alkanes) is 12. The molecule has 3 nitrogen and oxygen atoms in total. The molecular weight excluding hydrogens is 328 g/mol. The van der Waals surface area contributed by atoms with Gasteiger partial charge in [0, 0.05) is 19.5 Å². The van der Waals surface area contributed by atoms with Gasteiger partial charge in [0.05, 0.1) is 0 Å². The summed E-state index contributed by atoms with van der Waals surface area (Å²) in [5.74, 6) is 0.0694. The van der Waals surface area contributed by atoms with Crippen LogP contribution in [0.1, 0.15) is 111 Å². The maximum absolute atomic E-state index is 11.9. The average Bonchev–Trinajstić information content (AvgIpc) is 2.60. The first kappa shape index (κ1) is 24.4. The van der Waals surface area contributed by atoms with E-state index in [1.807, 2.05) is 4.90 Å². The van der Waals surface area contributed by atoms with Crippen molar-refractivity contribution in [1.29, 1.82) is 0 Å². The summed E-state index contributed by atoms with van der Waals surface area (Å²) in [6.45, 7) is 8.05. The lowest BCUT2D eigenvalue weighted by Gasteiger charge is -2.21. The predicted octanol–water partition coefficient (Wildman–Crippen LogP) is 6.21. The Morgan fingerprint density at radius 2 is 1.12 bits per heavy atom. The minimum Gasteiger partial charge on any atom is -0.350 e. The molecule has 0 aromatic carbocycles. The van der Waals surface area contributed by atoms with Crippen molar-refractivity contribution < 1.29 is 4.79 Å². The zero-order valence-corrected chi connectivity index (χ0v) is 17.9. The van der Waals surface area contributed by atoms with Gasteiger partial charge in [0.15, 0.2) is 5.11 Å². The van der Waals surface area contributed by atoms with Gasteiger partial charge in [-0.05, 0) is 32.5 Å². The van der Waals surface area contributed by atoms with Crippen LogP contribution in [0, 0.1) is 0 Å². The number of hydrogen-bond donors (Lipinski definition) is 1. The van der Waals surface area contributed by atoms with Gasteiger partial charge in [0.25, 0.3) is 0 Å². The summed E-state index contributed by atoms with van der Waals surface area (Å²) < 4.78 is 0. The normalized spacial score (nSPS) is 10.7. The lowest BCUT2D eigenvalue weighted by molar-refractivity contribution is -0.119. The van der Waals surface area contributed by atoms with E-state index in [0.29, 0.717) is 11.5 Å². The molecule has 0 bridgehead atoms. The number of carbonyl (C=O) groups excluding carboxylic acids is 1. The van der Waals surface area contributed by atoms with Crippen molar-refractivity contribution in [3.05, 3.63) is 0 Å². The van der Waals surface area contributed by atoms with Gasteiger partial charge in [-0.2, -0.15) is 0 Å².